The molecule has 0 fully saturated rings. The number of fused-ring (bicyclic) bond motifs is 10. The molecule has 0 unspecified atom stereocenters. The zero-order valence-corrected chi connectivity index (χ0v) is 31.4. The van der Waals surface area contributed by atoms with Crippen molar-refractivity contribution in [1.82, 2.24) is 24.1 Å². The second-order valence-electron chi connectivity index (χ2n) is 14.4. The molecule has 0 bridgehead atoms. The van der Waals surface area contributed by atoms with Crippen LogP contribution in [0.15, 0.2) is 188 Å². The van der Waals surface area contributed by atoms with Crippen molar-refractivity contribution in [3.8, 4) is 45.5 Å². The van der Waals surface area contributed by atoms with E-state index in [0.29, 0.717) is 17.6 Å². The highest BCUT2D eigenvalue weighted by Gasteiger charge is 2.26. The number of para-hydroxylation sites is 3. The van der Waals surface area contributed by atoms with Gasteiger partial charge in [-0.3, -0.25) is 4.57 Å². The van der Waals surface area contributed by atoms with E-state index < -0.39 is 0 Å². The standard InChI is InChI=1S/C51H31N5S/c1-4-16-32(17-5-1)39-31-43-46(37-23-10-13-25-41(37)55(43)35-20-8-3-9-21-35)47-38-24-11-14-26-42(38)56(48(39)47)51-53-49(33-18-6-2-7-19-33)52-50(54-51)34-28-29-45-40(30-34)36-22-12-15-27-44(36)57-45/h1-31H. The smallest absolute Gasteiger partial charge is 0.238 e. The van der Waals surface area contributed by atoms with Crippen molar-refractivity contribution < 1.29 is 0 Å². The summed E-state index contributed by atoms with van der Waals surface area (Å²) in [4.78, 5) is 15.9. The largest absolute Gasteiger partial charge is 0.309 e. The maximum Gasteiger partial charge on any atom is 0.238 e. The highest BCUT2D eigenvalue weighted by Crippen LogP contribution is 2.46. The average molecular weight is 746 g/mol. The Bertz CT molecular complexity index is 3510. The van der Waals surface area contributed by atoms with E-state index in [1.165, 1.54) is 36.3 Å². The number of thiophene rings is 1. The molecule has 0 amide bonds. The Kier molecular flexibility index (Phi) is 7.03. The summed E-state index contributed by atoms with van der Waals surface area (Å²) < 4.78 is 7.19. The maximum absolute atomic E-state index is 5.41. The van der Waals surface area contributed by atoms with Gasteiger partial charge in [0.15, 0.2) is 11.6 Å². The third-order valence-corrected chi connectivity index (χ3v) is 12.3. The Morgan fingerprint density at radius 3 is 1.67 bits per heavy atom. The zero-order valence-electron chi connectivity index (χ0n) is 30.5. The van der Waals surface area contributed by atoms with Gasteiger partial charge in [-0.15, -0.1) is 11.3 Å². The minimum Gasteiger partial charge on any atom is -0.309 e. The molecule has 0 atom stereocenters. The topological polar surface area (TPSA) is 48.5 Å². The van der Waals surface area contributed by atoms with Crippen LogP contribution in [-0.4, -0.2) is 24.1 Å². The average Bonchev–Trinajstić information content (AvgIpc) is 3.94. The highest BCUT2D eigenvalue weighted by atomic mass is 32.1. The molecule has 0 aliphatic rings. The molecule has 0 saturated carbocycles. The summed E-state index contributed by atoms with van der Waals surface area (Å²) in [5, 5.41) is 7.15. The van der Waals surface area contributed by atoms with Crippen LogP contribution in [0.25, 0.3) is 109 Å². The minimum atomic E-state index is 0.573. The lowest BCUT2D eigenvalue weighted by Crippen LogP contribution is -2.07. The number of hydrogen-bond donors (Lipinski definition) is 0. The summed E-state index contributed by atoms with van der Waals surface area (Å²) in [6.07, 6.45) is 0. The van der Waals surface area contributed by atoms with Gasteiger partial charge in [0.25, 0.3) is 0 Å². The summed E-state index contributed by atoms with van der Waals surface area (Å²) in [6.45, 7) is 0. The summed E-state index contributed by atoms with van der Waals surface area (Å²) in [5.74, 6) is 1.83. The molecule has 12 aromatic rings. The first-order valence-corrected chi connectivity index (χ1v) is 19.9. The van der Waals surface area contributed by atoms with Crippen molar-refractivity contribution >= 4 is 75.1 Å². The van der Waals surface area contributed by atoms with E-state index in [0.717, 1.165) is 55.4 Å². The van der Waals surface area contributed by atoms with E-state index >= 15 is 0 Å². The lowest BCUT2D eigenvalue weighted by molar-refractivity contribution is 0.954. The van der Waals surface area contributed by atoms with Crippen molar-refractivity contribution in [2.45, 2.75) is 0 Å². The Balaban J connectivity index is 1.24. The Labute approximate surface area is 331 Å². The molecule has 5 nitrogen and oxygen atoms in total. The van der Waals surface area contributed by atoms with Crippen LogP contribution in [0.2, 0.25) is 0 Å². The van der Waals surface area contributed by atoms with Gasteiger partial charge in [-0.05, 0) is 60.2 Å². The number of aromatic nitrogens is 5. The fourth-order valence-corrected chi connectivity index (χ4v) is 9.77. The van der Waals surface area contributed by atoms with Crippen LogP contribution in [0.5, 0.6) is 0 Å². The van der Waals surface area contributed by atoms with Crippen molar-refractivity contribution in [3.05, 3.63) is 188 Å². The molecular formula is C51H31N5S. The lowest BCUT2D eigenvalue weighted by atomic mass is 9.98. The van der Waals surface area contributed by atoms with Gasteiger partial charge in [0.05, 0.1) is 22.1 Å². The summed E-state index contributed by atoms with van der Waals surface area (Å²) in [6, 6.07) is 66.6. The molecule has 0 aliphatic heterocycles. The van der Waals surface area contributed by atoms with Gasteiger partial charge in [0, 0.05) is 64.1 Å². The molecule has 6 heteroatoms. The zero-order chi connectivity index (χ0) is 37.5. The van der Waals surface area contributed by atoms with Crippen molar-refractivity contribution in [3.63, 3.8) is 0 Å². The number of nitrogens with zero attached hydrogens (tertiary/aromatic N) is 5. The molecule has 0 spiro atoms. The van der Waals surface area contributed by atoms with Gasteiger partial charge in [-0.1, -0.05) is 133 Å². The fraction of sp³-hybridized carbons (Fsp3) is 0. The predicted molar refractivity (Wildman–Crippen MR) is 238 cm³/mol. The molecule has 0 N–H and O–H groups in total. The SMILES string of the molecule is c1ccc(-c2nc(-c3ccc4sc5ccccc5c4c3)nc(-n3c4ccccc4c4c5c6ccccc6n(-c6ccccc6)c5cc(-c5ccccc5)c43)n2)cc1. The molecule has 8 aromatic carbocycles. The second kappa shape index (κ2) is 12.6. The van der Waals surface area contributed by atoms with Gasteiger partial charge in [0.1, 0.15) is 0 Å². The normalized spacial score (nSPS) is 11.9. The summed E-state index contributed by atoms with van der Waals surface area (Å²) in [7, 11) is 0. The van der Waals surface area contributed by atoms with Crippen LogP contribution >= 0.6 is 11.3 Å². The minimum absolute atomic E-state index is 0.573. The lowest BCUT2D eigenvalue weighted by Gasteiger charge is -2.14. The van der Waals surface area contributed by atoms with Crippen molar-refractivity contribution in [1.29, 1.82) is 0 Å². The first kappa shape index (κ1) is 31.9. The van der Waals surface area contributed by atoms with Crippen LogP contribution in [0, 0.1) is 0 Å². The van der Waals surface area contributed by atoms with E-state index in [1.54, 1.807) is 0 Å². The summed E-state index contributed by atoms with van der Waals surface area (Å²) in [5.41, 5.74) is 9.61. The molecular weight excluding hydrogens is 715 g/mol. The molecule has 0 aliphatic carbocycles. The Morgan fingerprint density at radius 2 is 0.930 bits per heavy atom. The van der Waals surface area contributed by atoms with E-state index in [-0.39, 0.29) is 0 Å². The number of benzene rings is 8. The van der Waals surface area contributed by atoms with Gasteiger partial charge in [-0.25, -0.2) is 4.98 Å². The molecule has 57 heavy (non-hydrogen) atoms. The first-order valence-electron chi connectivity index (χ1n) is 19.1. The van der Waals surface area contributed by atoms with Gasteiger partial charge < -0.3 is 4.57 Å². The molecule has 0 radical (unpaired) electrons. The van der Waals surface area contributed by atoms with Crippen LogP contribution in [0.4, 0.5) is 0 Å². The molecule has 4 aromatic heterocycles. The first-order chi connectivity index (χ1) is 28.3. The van der Waals surface area contributed by atoms with Gasteiger partial charge in [0.2, 0.25) is 5.95 Å². The van der Waals surface area contributed by atoms with Crippen molar-refractivity contribution in [2.75, 3.05) is 0 Å². The maximum atomic E-state index is 5.41. The predicted octanol–water partition coefficient (Wildman–Crippen LogP) is 13.4. The van der Waals surface area contributed by atoms with Crippen molar-refractivity contribution in [2.24, 2.45) is 0 Å². The van der Waals surface area contributed by atoms with Gasteiger partial charge in [-0.2, -0.15) is 9.97 Å². The van der Waals surface area contributed by atoms with Gasteiger partial charge >= 0.3 is 0 Å². The third-order valence-electron chi connectivity index (χ3n) is 11.2. The number of hydrogen-bond acceptors (Lipinski definition) is 4. The molecule has 266 valence electrons. The monoisotopic (exact) mass is 745 g/mol. The Hall–Kier alpha value is -7.41. The second-order valence-corrected chi connectivity index (χ2v) is 15.5. The molecule has 0 saturated heterocycles. The van der Waals surface area contributed by atoms with Crippen LogP contribution in [0.1, 0.15) is 0 Å². The van der Waals surface area contributed by atoms with E-state index in [1.807, 2.05) is 29.5 Å². The van der Waals surface area contributed by atoms with E-state index in [9.17, 15) is 0 Å². The third kappa shape index (κ3) is 4.91. The highest BCUT2D eigenvalue weighted by molar-refractivity contribution is 7.25. The van der Waals surface area contributed by atoms with Crippen LogP contribution < -0.4 is 0 Å². The fourth-order valence-electron chi connectivity index (χ4n) is 8.69. The molecule has 4 heterocycles. The van der Waals surface area contributed by atoms with E-state index in [2.05, 4.69) is 179 Å². The molecule has 12 rings (SSSR count). The Morgan fingerprint density at radius 1 is 0.368 bits per heavy atom. The summed E-state index contributed by atoms with van der Waals surface area (Å²) >= 11 is 1.81. The van der Waals surface area contributed by atoms with Crippen LogP contribution in [-0.2, 0) is 0 Å². The van der Waals surface area contributed by atoms with E-state index in [4.69, 9.17) is 15.0 Å². The van der Waals surface area contributed by atoms with Crippen LogP contribution in [0.3, 0.4) is 0 Å². The quantitative estimate of drug-likeness (QED) is 0.176. The number of rotatable bonds is 5.